The molecule has 0 aliphatic heterocycles. The molecule has 0 bridgehead atoms. The van der Waals surface area contributed by atoms with Crippen LogP contribution in [0.2, 0.25) is 0 Å². The Morgan fingerprint density at radius 3 is 2.53 bits per heavy atom. The van der Waals surface area contributed by atoms with E-state index >= 15 is 0 Å². The van der Waals surface area contributed by atoms with E-state index in [9.17, 15) is 17.6 Å². The lowest BCUT2D eigenvalue weighted by atomic mass is 10.1. The van der Waals surface area contributed by atoms with E-state index in [1.54, 1.807) is 6.07 Å². The quantitative estimate of drug-likeness (QED) is 0.644. The smallest absolute Gasteiger partial charge is 0.391 e. The van der Waals surface area contributed by atoms with Crippen molar-refractivity contribution in [2.75, 3.05) is 20.3 Å². The maximum atomic E-state index is 13.4. The van der Waals surface area contributed by atoms with Crippen LogP contribution in [-0.4, -0.2) is 26.5 Å². The van der Waals surface area contributed by atoms with E-state index in [0.717, 1.165) is 0 Å². The van der Waals surface area contributed by atoms with E-state index in [2.05, 4.69) is 0 Å². The van der Waals surface area contributed by atoms with Gasteiger partial charge >= 0.3 is 6.18 Å². The Labute approximate surface area is 108 Å². The van der Waals surface area contributed by atoms with Gasteiger partial charge in [-0.2, -0.15) is 13.2 Å². The molecule has 108 valence electrons. The molecule has 0 heterocycles. The average molecular weight is 281 g/mol. The molecule has 1 aromatic carbocycles. The van der Waals surface area contributed by atoms with E-state index in [-0.39, 0.29) is 12.4 Å². The summed E-state index contributed by atoms with van der Waals surface area (Å²) in [6.07, 6.45) is -5.28. The molecule has 2 N–H and O–H groups in total. The first kappa shape index (κ1) is 15.7. The van der Waals surface area contributed by atoms with Crippen molar-refractivity contribution in [1.82, 2.24) is 0 Å². The van der Waals surface area contributed by atoms with Crippen LogP contribution in [0.1, 0.15) is 18.0 Å². The minimum absolute atomic E-state index is 0.0777. The molecule has 0 amide bonds. The summed E-state index contributed by atoms with van der Waals surface area (Å²) in [6, 6.07) is 3.44. The molecule has 0 aliphatic rings. The first-order chi connectivity index (χ1) is 8.83. The number of hydrogen-bond donors (Lipinski definition) is 1. The number of methoxy groups -OCH3 is 1. The van der Waals surface area contributed by atoms with E-state index < -0.39 is 31.1 Å². The molecule has 1 atom stereocenters. The molecule has 0 fully saturated rings. The SMILES string of the molecule is COc1ccc(C(N)COCCC(F)(F)F)cc1F. The second-order valence-electron chi connectivity index (χ2n) is 3.94. The summed E-state index contributed by atoms with van der Waals surface area (Å²) < 4.78 is 58.5. The highest BCUT2D eigenvalue weighted by molar-refractivity contribution is 5.30. The van der Waals surface area contributed by atoms with Gasteiger partial charge in [0, 0.05) is 0 Å². The number of halogens is 4. The third-order valence-corrected chi connectivity index (χ3v) is 2.43. The van der Waals surface area contributed by atoms with Gasteiger partial charge in [0.05, 0.1) is 32.8 Å². The molecular weight excluding hydrogens is 266 g/mol. The van der Waals surface area contributed by atoms with Gasteiger partial charge in [0.2, 0.25) is 0 Å². The standard InChI is InChI=1S/C12H15F4NO2/c1-18-11-3-2-8(6-9(11)13)10(17)7-19-5-4-12(14,15)16/h2-3,6,10H,4-5,7,17H2,1H3. The topological polar surface area (TPSA) is 44.5 Å². The molecule has 1 rings (SSSR count). The Morgan fingerprint density at radius 1 is 1.32 bits per heavy atom. The highest BCUT2D eigenvalue weighted by Gasteiger charge is 2.26. The normalized spacial score (nSPS) is 13.4. The first-order valence-corrected chi connectivity index (χ1v) is 5.57. The van der Waals surface area contributed by atoms with Crippen LogP contribution >= 0.6 is 0 Å². The second kappa shape index (κ2) is 6.72. The Bertz CT molecular complexity index is 409. The third-order valence-electron chi connectivity index (χ3n) is 2.43. The van der Waals surface area contributed by atoms with E-state index in [1.807, 2.05) is 0 Å². The van der Waals surface area contributed by atoms with Crippen molar-refractivity contribution in [3.05, 3.63) is 29.6 Å². The fraction of sp³-hybridized carbons (Fsp3) is 0.500. The first-order valence-electron chi connectivity index (χ1n) is 5.57. The molecule has 3 nitrogen and oxygen atoms in total. The van der Waals surface area contributed by atoms with Gasteiger partial charge in [-0.25, -0.2) is 4.39 Å². The van der Waals surface area contributed by atoms with Gasteiger partial charge in [0.25, 0.3) is 0 Å². The van der Waals surface area contributed by atoms with Crippen molar-refractivity contribution < 1.29 is 27.0 Å². The summed E-state index contributed by atoms with van der Waals surface area (Å²) in [6.45, 7) is -0.572. The molecule has 0 saturated carbocycles. The van der Waals surface area contributed by atoms with Crippen LogP contribution in [0.3, 0.4) is 0 Å². The lowest BCUT2D eigenvalue weighted by Crippen LogP contribution is -2.19. The van der Waals surface area contributed by atoms with E-state index in [0.29, 0.717) is 5.56 Å². The lowest BCUT2D eigenvalue weighted by molar-refractivity contribution is -0.145. The molecule has 0 aromatic heterocycles. The summed E-state index contributed by atoms with van der Waals surface area (Å²) in [7, 11) is 1.33. The van der Waals surface area contributed by atoms with Crippen LogP contribution in [0.4, 0.5) is 17.6 Å². The van der Waals surface area contributed by atoms with Gasteiger partial charge < -0.3 is 15.2 Å². The molecule has 0 saturated heterocycles. The molecule has 7 heteroatoms. The van der Waals surface area contributed by atoms with Gasteiger partial charge in [-0.3, -0.25) is 0 Å². The van der Waals surface area contributed by atoms with Crippen molar-refractivity contribution >= 4 is 0 Å². The summed E-state index contributed by atoms with van der Waals surface area (Å²) in [4.78, 5) is 0. The van der Waals surface area contributed by atoms with Crippen LogP contribution in [0, 0.1) is 5.82 Å². The van der Waals surface area contributed by atoms with Gasteiger partial charge in [0.15, 0.2) is 11.6 Å². The highest BCUT2D eigenvalue weighted by atomic mass is 19.4. The molecule has 1 unspecified atom stereocenters. The minimum atomic E-state index is -4.25. The Morgan fingerprint density at radius 2 is 2.00 bits per heavy atom. The zero-order valence-electron chi connectivity index (χ0n) is 10.3. The largest absolute Gasteiger partial charge is 0.494 e. The van der Waals surface area contributed by atoms with Gasteiger partial charge in [-0.05, 0) is 17.7 Å². The number of benzene rings is 1. The highest BCUT2D eigenvalue weighted by Crippen LogP contribution is 2.22. The summed E-state index contributed by atoms with van der Waals surface area (Å²) in [5.41, 5.74) is 6.13. The molecule has 0 spiro atoms. The number of alkyl halides is 3. The fourth-order valence-corrected chi connectivity index (χ4v) is 1.41. The van der Waals surface area contributed by atoms with Gasteiger partial charge in [-0.15, -0.1) is 0 Å². The predicted molar refractivity (Wildman–Crippen MR) is 61.4 cm³/mol. The zero-order chi connectivity index (χ0) is 14.5. The molecule has 1 aromatic rings. The van der Waals surface area contributed by atoms with Crippen molar-refractivity contribution in [2.24, 2.45) is 5.73 Å². The van der Waals surface area contributed by atoms with Crippen molar-refractivity contribution in [3.8, 4) is 5.75 Å². The number of ether oxygens (including phenoxy) is 2. The van der Waals surface area contributed by atoms with Crippen LogP contribution in [0.5, 0.6) is 5.75 Å². The van der Waals surface area contributed by atoms with E-state index in [4.69, 9.17) is 15.2 Å². The fourth-order valence-electron chi connectivity index (χ4n) is 1.41. The second-order valence-corrected chi connectivity index (χ2v) is 3.94. The summed E-state index contributed by atoms with van der Waals surface area (Å²) in [5.74, 6) is -0.500. The number of rotatable bonds is 6. The van der Waals surface area contributed by atoms with E-state index in [1.165, 1.54) is 19.2 Å². The zero-order valence-corrected chi connectivity index (χ0v) is 10.3. The Balaban J connectivity index is 2.45. The Hall–Kier alpha value is -1.34. The minimum Gasteiger partial charge on any atom is -0.494 e. The maximum Gasteiger partial charge on any atom is 0.391 e. The maximum absolute atomic E-state index is 13.4. The van der Waals surface area contributed by atoms with Crippen molar-refractivity contribution in [3.63, 3.8) is 0 Å². The van der Waals surface area contributed by atoms with Crippen LogP contribution in [0.15, 0.2) is 18.2 Å². The molecular formula is C12H15F4NO2. The molecule has 19 heavy (non-hydrogen) atoms. The third kappa shape index (κ3) is 5.44. The van der Waals surface area contributed by atoms with Crippen LogP contribution < -0.4 is 10.5 Å². The monoisotopic (exact) mass is 281 g/mol. The molecule has 0 aliphatic carbocycles. The van der Waals surface area contributed by atoms with Crippen molar-refractivity contribution in [1.29, 1.82) is 0 Å². The van der Waals surface area contributed by atoms with Crippen molar-refractivity contribution in [2.45, 2.75) is 18.6 Å². The summed E-state index contributed by atoms with van der Waals surface area (Å²) >= 11 is 0. The van der Waals surface area contributed by atoms with Crippen LogP contribution in [0.25, 0.3) is 0 Å². The Kier molecular flexibility index (Phi) is 5.56. The number of nitrogens with two attached hydrogens (primary N) is 1. The average Bonchev–Trinajstić information content (AvgIpc) is 2.33. The lowest BCUT2D eigenvalue weighted by Gasteiger charge is -2.14. The van der Waals surface area contributed by atoms with Gasteiger partial charge in [0.1, 0.15) is 0 Å². The predicted octanol–water partition coefficient (Wildman–Crippen LogP) is 2.80. The molecule has 0 radical (unpaired) electrons. The summed E-state index contributed by atoms with van der Waals surface area (Å²) in [5, 5.41) is 0. The van der Waals surface area contributed by atoms with Gasteiger partial charge in [-0.1, -0.05) is 6.07 Å². The number of hydrogen-bond acceptors (Lipinski definition) is 3. The van der Waals surface area contributed by atoms with Crippen LogP contribution in [-0.2, 0) is 4.74 Å².